The van der Waals surface area contributed by atoms with Crippen molar-refractivity contribution in [3.63, 3.8) is 0 Å². The third-order valence-corrected chi connectivity index (χ3v) is 14.2. The molecule has 2 aliphatic heterocycles. The number of hydrogen-bond acceptors (Lipinski definition) is 1. The van der Waals surface area contributed by atoms with E-state index in [9.17, 15) is 0 Å². The first-order valence-corrected chi connectivity index (χ1v) is 14.4. The molecule has 8 aliphatic rings. The number of fused-ring (bicyclic) bond motifs is 1. The average molecular weight is 430 g/mol. The minimum atomic E-state index is 0.376. The van der Waals surface area contributed by atoms with Crippen molar-refractivity contribution in [2.45, 2.75) is 122 Å². The van der Waals surface area contributed by atoms with Gasteiger partial charge in [0, 0.05) is 41.8 Å². The number of hydrogen-bond donors (Lipinski definition) is 0. The van der Waals surface area contributed by atoms with Gasteiger partial charge in [0.2, 0.25) is 0 Å². The molecule has 5 saturated carbocycles. The zero-order valence-electron chi connectivity index (χ0n) is 20.9. The van der Waals surface area contributed by atoms with Crippen molar-refractivity contribution in [3.05, 3.63) is 11.1 Å². The third kappa shape index (κ3) is 1.73. The van der Waals surface area contributed by atoms with Crippen LogP contribution in [0.1, 0.15) is 111 Å². The zero-order valence-corrected chi connectivity index (χ0v) is 20.9. The summed E-state index contributed by atoms with van der Waals surface area (Å²) in [6.45, 7) is 9.47. The molecule has 0 aromatic rings. The van der Waals surface area contributed by atoms with Crippen LogP contribution in [0.4, 0.5) is 0 Å². The van der Waals surface area contributed by atoms with Crippen molar-refractivity contribution < 1.29 is 0 Å². The Bertz CT molecular complexity index is 996. The highest BCUT2D eigenvalue weighted by molar-refractivity contribution is 5.47. The number of rotatable bonds is 0. The minimum absolute atomic E-state index is 0.376. The second kappa shape index (κ2) is 5.73. The fraction of sp³-hybridized carbons (Fsp3) is 0.871. The summed E-state index contributed by atoms with van der Waals surface area (Å²) in [5.41, 5.74) is 6.26. The molecule has 4 spiro atoms. The average Bonchev–Trinajstić information content (AvgIpc) is 3.03. The molecular formula is C31H43N. The molecule has 0 radical (unpaired) electrons. The topological polar surface area (TPSA) is 3.01 Å². The van der Waals surface area contributed by atoms with Gasteiger partial charge in [0.05, 0.1) is 0 Å². The van der Waals surface area contributed by atoms with Gasteiger partial charge >= 0.3 is 0 Å². The van der Waals surface area contributed by atoms with Gasteiger partial charge in [0.25, 0.3) is 0 Å². The van der Waals surface area contributed by atoms with Gasteiger partial charge < -0.3 is 0 Å². The molecule has 6 aliphatic carbocycles. The molecule has 0 aromatic carbocycles. The van der Waals surface area contributed by atoms with Crippen LogP contribution in [0.5, 0.6) is 0 Å². The molecule has 1 nitrogen and oxygen atoms in total. The van der Waals surface area contributed by atoms with Crippen LogP contribution < -0.4 is 0 Å². The molecule has 32 heavy (non-hydrogen) atoms. The maximum Gasteiger partial charge on any atom is 0.0377 e. The van der Waals surface area contributed by atoms with Crippen molar-refractivity contribution >= 4 is 0 Å². The molecule has 2 bridgehead atoms. The fourth-order valence-corrected chi connectivity index (χ4v) is 13.3. The predicted molar refractivity (Wildman–Crippen MR) is 130 cm³/mol. The van der Waals surface area contributed by atoms with E-state index in [4.69, 9.17) is 0 Å². The molecule has 0 amide bonds. The summed E-state index contributed by atoms with van der Waals surface area (Å²) in [7, 11) is 0. The van der Waals surface area contributed by atoms with E-state index in [-0.39, 0.29) is 0 Å². The summed E-state index contributed by atoms with van der Waals surface area (Å²) in [5, 5.41) is 0. The second-order valence-electron chi connectivity index (χ2n) is 14.2. The predicted octanol–water partition coefficient (Wildman–Crippen LogP) is 7.12. The van der Waals surface area contributed by atoms with Crippen LogP contribution >= 0.6 is 0 Å². The van der Waals surface area contributed by atoms with Gasteiger partial charge in [-0.1, -0.05) is 37.8 Å². The smallest absolute Gasteiger partial charge is 0.0377 e. The van der Waals surface area contributed by atoms with Gasteiger partial charge in [0.15, 0.2) is 0 Å². The van der Waals surface area contributed by atoms with Gasteiger partial charge in [0.1, 0.15) is 0 Å². The maximum absolute atomic E-state index is 3.96. The van der Waals surface area contributed by atoms with E-state index >= 15 is 0 Å². The Morgan fingerprint density at radius 2 is 1.81 bits per heavy atom. The quantitative estimate of drug-likeness (QED) is 0.225. The molecule has 8 rings (SSSR count). The van der Waals surface area contributed by atoms with Crippen LogP contribution in [0.15, 0.2) is 11.1 Å². The Labute approximate surface area is 196 Å². The lowest BCUT2D eigenvalue weighted by Gasteiger charge is -2.71. The summed E-state index contributed by atoms with van der Waals surface area (Å²) >= 11 is 0. The van der Waals surface area contributed by atoms with Crippen LogP contribution in [-0.4, -0.2) is 23.0 Å². The highest BCUT2D eigenvalue weighted by atomic mass is 15.4. The van der Waals surface area contributed by atoms with Crippen molar-refractivity contribution in [2.24, 2.45) is 39.4 Å². The van der Waals surface area contributed by atoms with E-state index in [1.54, 1.807) is 5.57 Å². The first-order chi connectivity index (χ1) is 15.5. The Kier molecular flexibility index (Phi) is 3.50. The van der Waals surface area contributed by atoms with E-state index in [1.165, 1.54) is 96.4 Å². The minimum Gasteiger partial charge on any atom is -0.291 e. The van der Waals surface area contributed by atoms with Crippen molar-refractivity contribution in [3.8, 4) is 11.8 Å². The number of nitrogens with zero attached hydrogens (tertiary/aromatic N) is 1. The van der Waals surface area contributed by atoms with Gasteiger partial charge in [-0.25, -0.2) is 0 Å². The first-order valence-electron chi connectivity index (χ1n) is 14.4. The SMILES string of the molecule is CC1=C2CC34C5CCC6CCCC63CC(C)C2(CC1)C4(C)CC#CCC1CCCC12CN52. The molecule has 1 heteroatoms. The van der Waals surface area contributed by atoms with E-state index < -0.39 is 0 Å². The largest absolute Gasteiger partial charge is 0.291 e. The summed E-state index contributed by atoms with van der Waals surface area (Å²) in [6.07, 6.45) is 20.2. The van der Waals surface area contributed by atoms with Crippen LogP contribution in [-0.2, 0) is 0 Å². The highest BCUT2D eigenvalue weighted by Gasteiger charge is 2.83. The number of allylic oxidation sites excluding steroid dienone is 2. The van der Waals surface area contributed by atoms with Gasteiger partial charge in [-0.3, -0.25) is 4.90 Å². The molecule has 0 N–H and O–H groups in total. The lowest BCUT2D eigenvalue weighted by atomic mass is 9.33. The summed E-state index contributed by atoms with van der Waals surface area (Å²) in [4.78, 5) is 3.17. The van der Waals surface area contributed by atoms with E-state index in [1.807, 2.05) is 5.57 Å². The van der Waals surface area contributed by atoms with Crippen LogP contribution in [0, 0.1) is 51.3 Å². The van der Waals surface area contributed by atoms with Gasteiger partial charge in [-0.05, 0) is 99.7 Å². The summed E-state index contributed by atoms with van der Waals surface area (Å²) < 4.78 is 0. The standard InChI is InChI=1S/C31H43N/c1-21-13-17-30-22(2)18-28-15-6-9-23(28)11-12-26-31(28,19-25(21)30)27(30,3)14-5-4-8-24-10-7-16-29(24)20-32(26)29/h22-24,26H,6-20H2,1-3H3. The van der Waals surface area contributed by atoms with Crippen LogP contribution in [0.25, 0.3) is 0 Å². The molecule has 10 unspecified atom stereocenters. The first kappa shape index (κ1) is 19.6. The van der Waals surface area contributed by atoms with Gasteiger partial charge in [-0.2, -0.15) is 0 Å². The van der Waals surface area contributed by atoms with Crippen molar-refractivity contribution in [1.82, 2.24) is 4.90 Å². The zero-order chi connectivity index (χ0) is 21.6. The van der Waals surface area contributed by atoms with E-state index in [0.717, 1.165) is 23.8 Å². The molecule has 172 valence electrons. The third-order valence-electron chi connectivity index (χ3n) is 14.2. The molecule has 10 atom stereocenters. The van der Waals surface area contributed by atoms with E-state index in [0.29, 0.717) is 27.2 Å². The molecular weight excluding hydrogens is 386 g/mol. The van der Waals surface area contributed by atoms with Crippen molar-refractivity contribution in [1.29, 1.82) is 0 Å². The summed E-state index contributed by atoms with van der Waals surface area (Å²) in [5.74, 6) is 10.5. The monoisotopic (exact) mass is 429 g/mol. The lowest BCUT2D eigenvalue weighted by Crippen LogP contribution is -2.69. The van der Waals surface area contributed by atoms with Crippen LogP contribution in [0.3, 0.4) is 0 Å². The molecule has 0 aromatic heterocycles. The fourth-order valence-electron chi connectivity index (χ4n) is 13.3. The second-order valence-corrected chi connectivity index (χ2v) is 14.2. The lowest BCUT2D eigenvalue weighted by molar-refractivity contribution is -0.232. The molecule has 6 fully saturated rings. The van der Waals surface area contributed by atoms with Gasteiger partial charge in [-0.15, -0.1) is 11.8 Å². The Morgan fingerprint density at radius 3 is 2.72 bits per heavy atom. The van der Waals surface area contributed by atoms with Crippen molar-refractivity contribution in [2.75, 3.05) is 6.54 Å². The normalized spacial score (nSPS) is 61.2. The maximum atomic E-state index is 3.96. The Balaban J connectivity index is 1.43. The summed E-state index contributed by atoms with van der Waals surface area (Å²) in [6, 6.07) is 0.845. The van der Waals surface area contributed by atoms with Crippen LogP contribution in [0.2, 0.25) is 0 Å². The highest BCUT2D eigenvalue weighted by Crippen LogP contribution is 2.88. The van der Waals surface area contributed by atoms with E-state index in [2.05, 4.69) is 37.5 Å². The Morgan fingerprint density at radius 1 is 0.969 bits per heavy atom. The molecule has 1 saturated heterocycles. The Hall–Kier alpha value is -0.740. The molecule has 2 heterocycles.